The van der Waals surface area contributed by atoms with E-state index < -0.39 is 0 Å². The Morgan fingerprint density at radius 3 is 2.79 bits per heavy atom. The van der Waals surface area contributed by atoms with Gasteiger partial charge in [-0.1, -0.05) is 6.07 Å². The number of aromatic nitrogens is 1. The summed E-state index contributed by atoms with van der Waals surface area (Å²) in [6.07, 6.45) is 3.13. The second-order valence-electron chi connectivity index (χ2n) is 3.58. The van der Waals surface area contributed by atoms with Crippen molar-refractivity contribution in [2.75, 3.05) is 19.0 Å². The molecule has 1 aromatic rings. The van der Waals surface area contributed by atoms with Gasteiger partial charge in [0.15, 0.2) is 0 Å². The second kappa shape index (κ2) is 4.74. The van der Waals surface area contributed by atoms with Crippen molar-refractivity contribution in [3.63, 3.8) is 0 Å². The van der Waals surface area contributed by atoms with Crippen LogP contribution in [0.25, 0.3) is 0 Å². The van der Waals surface area contributed by atoms with Crippen LogP contribution in [0.4, 0.5) is 5.82 Å². The van der Waals surface area contributed by atoms with Crippen molar-refractivity contribution in [2.24, 2.45) is 0 Å². The molecule has 0 aromatic carbocycles. The average molecular weight is 192 g/mol. The Labute approximate surface area is 84.8 Å². The highest BCUT2D eigenvalue weighted by Gasteiger charge is 2.05. The van der Waals surface area contributed by atoms with Crippen LogP contribution in [-0.4, -0.2) is 24.9 Å². The third-order valence-corrected chi connectivity index (χ3v) is 2.04. The molecule has 0 saturated carbocycles. The van der Waals surface area contributed by atoms with E-state index in [1.54, 1.807) is 13.1 Å². The smallest absolute Gasteiger partial charge is 0.131 e. The van der Waals surface area contributed by atoms with E-state index >= 15 is 0 Å². The number of ketones is 1. The molecule has 0 radical (unpaired) electrons. The largest absolute Gasteiger partial charge is 0.363 e. The summed E-state index contributed by atoms with van der Waals surface area (Å²) < 4.78 is 0. The summed E-state index contributed by atoms with van der Waals surface area (Å²) >= 11 is 0. The Bertz CT molecular complexity index is 321. The van der Waals surface area contributed by atoms with Crippen LogP contribution in [0.2, 0.25) is 0 Å². The van der Waals surface area contributed by atoms with Gasteiger partial charge in [-0.25, -0.2) is 4.98 Å². The van der Waals surface area contributed by atoms with Crippen LogP contribution in [0.5, 0.6) is 0 Å². The maximum atomic E-state index is 10.9. The molecule has 3 heteroatoms. The van der Waals surface area contributed by atoms with Gasteiger partial charge in [-0.3, -0.25) is 0 Å². The molecule has 0 aliphatic heterocycles. The van der Waals surface area contributed by atoms with Gasteiger partial charge in [0.1, 0.15) is 11.6 Å². The van der Waals surface area contributed by atoms with Gasteiger partial charge in [0.05, 0.1) is 0 Å². The highest BCUT2D eigenvalue weighted by molar-refractivity contribution is 5.75. The van der Waals surface area contributed by atoms with Gasteiger partial charge >= 0.3 is 0 Å². The van der Waals surface area contributed by atoms with E-state index in [9.17, 15) is 4.79 Å². The fourth-order valence-electron chi connectivity index (χ4n) is 1.34. The second-order valence-corrected chi connectivity index (χ2v) is 3.58. The van der Waals surface area contributed by atoms with Crippen LogP contribution in [0.15, 0.2) is 18.3 Å². The average Bonchev–Trinajstić information content (AvgIpc) is 2.15. The lowest BCUT2D eigenvalue weighted by Crippen LogP contribution is -2.13. The van der Waals surface area contributed by atoms with Crippen LogP contribution < -0.4 is 4.90 Å². The third kappa shape index (κ3) is 2.83. The molecule has 0 aliphatic rings. The Morgan fingerprint density at radius 2 is 2.21 bits per heavy atom. The molecule has 0 spiro atoms. The first kappa shape index (κ1) is 10.7. The number of Topliss-reactive ketones (excluding diaryl/α,β-unsaturated/α-hetero) is 1. The molecule has 0 saturated heterocycles. The van der Waals surface area contributed by atoms with Crippen molar-refractivity contribution in [1.29, 1.82) is 0 Å². The van der Waals surface area contributed by atoms with Crippen molar-refractivity contribution >= 4 is 11.6 Å². The number of hydrogen-bond acceptors (Lipinski definition) is 3. The molecule has 0 amide bonds. The van der Waals surface area contributed by atoms with Crippen LogP contribution in [0.1, 0.15) is 18.9 Å². The number of pyridine rings is 1. The predicted octanol–water partition coefficient (Wildman–Crippen LogP) is 1.67. The van der Waals surface area contributed by atoms with E-state index in [4.69, 9.17) is 0 Å². The van der Waals surface area contributed by atoms with Gasteiger partial charge < -0.3 is 9.69 Å². The SMILES string of the molecule is CC(=O)CCc1cccnc1N(C)C. The number of carbonyl (C=O) groups is 1. The first-order valence-electron chi connectivity index (χ1n) is 4.72. The molecule has 1 heterocycles. The fraction of sp³-hybridized carbons (Fsp3) is 0.455. The molecule has 0 N–H and O–H groups in total. The van der Waals surface area contributed by atoms with Gasteiger partial charge in [-0.2, -0.15) is 0 Å². The van der Waals surface area contributed by atoms with Crippen molar-refractivity contribution in [3.8, 4) is 0 Å². The van der Waals surface area contributed by atoms with Gasteiger partial charge in [0, 0.05) is 26.7 Å². The zero-order valence-electron chi connectivity index (χ0n) is 8.95. The number of hydrogen-bond donors (Lipinski definition) is 0. The molecule has 14 heavy (non-hydrogen) atoms. The van der Waals surface area contributed by atoms with Gasteiger partial charge in [-0.15, -0.1) is 0 Å². The Kier molecular flexibility index (Phi) is 3.63. The molecule has 1 rings (SSSR count). The van der Waals surface area contributed by atoms with E-state index in [-0.39, 0.29) is 5.78 Å². The minimum Gasteiger partial charge on any atom is -0.363 e. The van der Waals surface area contributed by atoms with Gasteiger partial charge in [-0.05, 0) is 25.0 Å². The standard InChI is InChI=1S/C11H16N2O/c1-9(14)6-7-10-5-4-8-12-11(10)13(2)3/h4-5,8H,6-7H2,1-3H3. The molecular formula is C11H16N2O. The summed E-state index contributed by atoms with van der Waals surface area (Å²) in [5.41, 5.74) is 1.13. The zero-order valence-corrected chi connectivity index (χ0v) is 8.95. The molecule has 0 atom stereocenters. The molecule has 3 nitrogen and oxygen atoms in total. The molecule has 0 unspecified atom stereocenters. The summed E-state index contributed by atoms with van der Waals surface area (Å²) in [5, 5.41) is 0. The minimum absolute atomic E-state index is 0.221. The summed E-state index contributed by atoms with van der Waals surface area (Å²) in [7, 11) is 3.92. The number of carbonyl (C=O) groups excluding carboxylic acids is 1. The molecule has 0 bridgehead atoms. The molecular weight excluding hydrogens is 176 g/mol. The lowest BCUT2D eigenvalue weighted by atomic mass is 10.1. The number of nitrogens with zero attached hydrogens (tertiary/aromatic N) is 2. The normalized spacial score (nSPS) is 9.93. The van der Waals surface area contributed by atoms with E-state index in [0.717, 1.165) is 17.8 Å². The van der Waals surface area contributed by atoms with Crippen molar-refractivity contribution in [2.45, 2.75) is 19.8 Å². The monoisotopic (exact) mass is 192 g/mol. The molecule has 0 fully saturated rings. The zero-order chi connectivity index (χ0) is 10.6. The van der Waals surface area contributed by atoms with E-state index in [0.29, 0.717) is 6.42 Å². The van der Waals surface area contributed by atoms with Gasteiger partial charge in [0.25, 0.3) is 0 Å². The Morgan fingerprint density at radius 1 is 1.50 bits per heavy atom. The summed E-state index contributed by atoms with van der Waals surface area (Å²) in [6, 6.07) is 3.92. The lowest BCUT2D eigenvalue weighted by Gasteiger charge is -2.15. The Balaban J connectivity index is 2.79. The minimum atomic E-state index is 0.221. The van der Waals surface area contributed by atoms with Crippen LogP contribution in [0, 0.1) is 0 Å². The highest BCUT2D eigenvalue weighted by atomic mass is 16.1. The highest BCUT2D eigenvalue weighted by Crippen LogP contribution is 2.15. The van der Waals surface area contributed by atoms with E-state index in [2.05, 4.69) is 4.98 Å². The van der Waals surface area contributed by atoms with E-state index in [1.165, 1.54) is 0 Å². The van der Waals surface area contributed by atoms with Crippen molar-refractivity contribution in [1.82, 2.24) is 4.98 Å². The molecule has 1 aromatic heterocycles. The quantitative estimate of drug-likeness (QED) is 0.727. The molecule has 76 valence electrons. The van der Waals surface area contributed by atoms with Crippen molar-refractivity contribution < 1.29 is 4.79 Å². The van der Waals surface area contributed by atoms with Crippen molar-refractivity contribution in [3.05, 3.63) is 23.9 Å². The first-order valence-corrected chi connectivity index (χ1v) is 4.72. The number of rotatable bonds is 4. The van der Waals surface area contributed by atoms with Crippen LogP contribution in [0.3, 0.4) is 0 Å². The predicted molar refractivity (Wildman–Crippen MR) is 57.6 cm³/mol. The lowest BCUT2D eigenvalue weighted by molar-refractivity contribution is -0.116. The Hall–Kier alpha value is -1.38. The molecule has 0 aliphatic carbocycles. The number of anilines is 1. The maximum absolute atomic E-state index is 10.9. The van der Waals surface area contributed by atoms with Gasteiger partial charge in [0.2, 0.25) is 0 Å². The third-order valence-electron chi connectivity index (χ3n) is 2.04. The van der Waals surface area contributed by atoms with Crippen LogP contribution in [-0.2, 0) is 11.2 Å². The first-order chi connectivity index (χ1) is 6.61. The summed E-state index contributed by atoms with van der Waals surface area (Å²) in [5.74, 6) is 1.17. The summed E-state index contributed by atoms with van der Waals surface area (Å²) in [6.45, 7) is 1.62. The number of aryl methyl sites for hydroxylation is 1. The summed E-state index contributed by atoms with van der Waals surface area (Å²) in [4.78, 5) is 17.1. The van der Waals surface area contributed by atoms with E-state index in [1.807, 2.05) is 31.1 Å². The van der Waals surface area contributed by atoms with Crippen LogP contribution >= 0.6 is 0 Å². The topological polar surface area (TPSA) is 33.2 Å². The maximum Gasteiger partial charge on any atom is 0.131 e. The fourth-order valence-corrected chi connectivity index (χ4v) is 1.34.